The van der Waals surface area contributed by atoms with Gasteiger partial charge in [0.15, 0.2) is 0 Å². The van der Waals surface area contributed by atoms with Crippen LogP contribution in [-0.2, 0) is 6.42 Å². The van der Waals surface area contributed by atoms with Crippen molar-refractivity contribution in [2.45, 2.75) is 25.8 Å². The Labute approximate surface area is 89.4 Å². The summed E-state index contributed by atoms with van der Waals surface area (Å²) in [5, 5.41) is 2.98. The molecule has 1 aliphatic rings. The summed E-state index contributed by atoms with van der Waals surface area (Å²) in [4.78, 5) is 11.8. The Bertz CT molecular complexity index is 387. The summed E-state index contributed by atoms with van der Waals surface area (Å²) in [5.74, 6) is 0.836. The molecule has 1 amide bonds. The average Bonchev–Trinajstić information content (AvgIpc) is 2.28. The molecule has 2 rings (SSSR count). The molecule has 3 nitrogen and oxygen atoms in total. The van der Waals surface area contributed by atoms with Gasteiger partial charge in [0.2, 0.25) is 0 Å². The molecule has 0 bridgehead atoms. The summed E-state index contributed by atoms with van der Waals surface area (Å²) in [6, 6.07) is 5.84. The molecule has 1 heterocycles. The van der Waals surface area contributed by atoms with E-state index in [2.05, 4.69) is 12.2 Å². The fourth-order valence-corrected chi connectivity index (χ4v) is 1.99. The van der Waals surface area contributed by atoms with Crippen LogP contribution >= 0.6 is 0 Å². The molecule has 3 heteroatoms. The molecule has 1 aromatic rings. The van der Waals surface area contributed by atoms with E-state index in [1.165, 1.54) is 0 Å². The minimum absolute atomic E-state index is 0.0157. The van der Waals surface area contributed by atoms with Crippen molar-refractivity contribution in [2.24, 2.45) is 0 Å². The van der Waals surface area contributed by atoms with Gasteiger partial charge in [-0.25, -0.2) is 0 Å². The molecule has 1 N–H and O–H groups in total. The summed E-state index contributed by atoms with van der Waals surface area (Å²) >= 11 is 0. The number of methoxy groups -OCH3 is 1. The van der Waals surface area contributed by atoms with E-state index in [0.29, 0.717) is 0 Å². The first-order valence-electron chi connectivity index (χ1n) is 5.23. The second kappa shape index (κ2) is 3.93. The van der Waals surface area contributed by atoms with Crippen molar-refractivity contribution in [3.05, 3.63) is 29.3 Å². The van der Waals surface area contributed by atoms with E-state index < -0.39 is 0 Å². The minimum Gasteiger partial charge on any atom is -0.496 e. The van der Waals surface area contributed by atoms with Gasteiger partial charge in [-0.05, 0) is 25.0 Å². The predicted octanol–water partition coefficient (Wildman–Crippen LogP) is 1.76. The first kappa shape index (κ1) is 10.0. The monoisotopic (exact) mass is 205 g/mol. The topological polar surface area (TPSA) is 38.3 Å². The standard InChI is InChI=1S/C12H15NO2/c1-3-8-7-10-9(12(14)13-8)5-4-6-11(10)15-2/h4-6,8H,3,7H2,1-2H3,(H,13,14). The van der Waals surface area contributed by atoms with Gasteiger partial charge in [-0.15, -0.1) is 0 Å². The Morgan fingerprint density at radius 2 is 2.33 bits per heavy atom. The molecule has 0 spiro atoms. The number of carbonyl (C=O) groups excluding carboxylic acids is 1. The second-order valence-corrected chi connectivity index (χ2v) is 3.77. The zero-order valence-corrected chi connectivity index (χ0v) is 9.04. The average molecular weight is 205 g/mol. The summed E-state index contributed by atoms with van der Waals surface area (Å²) in [6.45, 7) is 2.07. The van der Waals surface area contributed by atoms with E-state index in [1.54, 1.807) is 7.11 Å². The predicted molar refractivity (Wildman–Crippen MR) is 58.2 cm³/mol. The van der Waals surface area contributed by atoms with Gasteiger partial charge >= 0.3 is 0 Å². The highest BCUT2D eigenvalue weighted by atomic mass is 16.5. The number of benzene rings is 1. The highest BCUT2D eigenvalue weighted by Gasteiger charge is 2.25. The van der Waals surface area contributed by atoms with Gasteiger partial charge in [0, 0.05) is 17.2 Å². The lowest BCUT2D eigenvalue weighted by atomic mass is 9.93. The Hall–Kier alpha value is -1.51. The molecule has 0 fully saturated rings. The quantitative estimate of drug-likeness (QED) is 0.799. The summed E-state index contributed by atoms with van der Waals surface area (Å²) in [5.41, 5.74) is 1.79. The van der Waals surface area contributed by atoms with Gasteiger partial charge in [0.1, 0.15) is 5.75 Å². The van der Waals surface area contributed by atoms with E-state index >= 15 is 0 Å². The molecular formula is C12H15NO2. The van der Waals surface area contributed by atoms with Gasteiger partial charge in [0.05, 0.1) is 7.11 Å². The van der Waals surface area contributed by atoms with Crippen molar-refractivity contribution >= 4 is 5.91 Å². The summed E-state index contributed by atoms with van der Waals surface area (Å²) in [6.07, 6.45) is 1.81. The first-order chi connectivity index (χ1) is 7.26. The Balaban J connectivity index is 2.45. The van der Waals surface area contributed by atoms with Gasteiger partial charge in [-0.3, -0.25) is 4.79 Å². The van der Waals surface area contributed by atoms with Crippen LogP contribution in [0.5, 0.6) is 5.75 Å². The lowest BCUT2D eigenvalue weighted by molar-refractivity contribution is 0.0923. The highest BCUT2D eigenvalue weighted by Crippen LogP contribution is 2.27. The van der Waals surface area contributed by atoms with Crippen LogP contribution in [0, 0.1) is 0 Å². The number of amides is 1. The molecule has 0 aliphatic carbocycles. The zero-order valence-electron chi connectivity index (χ0n) is 9.04. The smallest absolute Gasteiger partial charge is 0.251 e. The molecule has 80 valence electrons. The van der Waals surface area contributed by atoms with Crippen molar-refractivity contribution in [3.63, 3.8) is 0 Å². The summed E-state index contributed by atoms with van der Waals surface area (Å²) in [7, 11) is 1.64. The Morgan fingerprint density at radius 3 is 3.00 bits per heavy atom. The molecule has 1 aliphatic heterocycles. The van der Waals surface area contributed by atoms with Crippen molar-refractivity contribution in [1.82, 2.24) is 5.32 Å². The molecular weight excluding hydrogens is 190 g/mol. The fourth-order valence-electron chi connectivity index (χ4n) is 1.99. The van der Waals surface area contributed by atoms with Crippen molar-refractivity contribution in [3.8, 4) is 5.75 Å². The molecule has 0 radical (unpaired) electrons. The lowest BCUT2D eigenvalue weighted by Gasteiger charge is -2.25. The van der Waals surface area contributed by atoms with Crippen LogP contribution in [-0.4, -0.2) is 19.1 Å². The van der Waals surface area contributed by atoms with Crippen LogP contribution in [0.1, 0.15) is 29.3 Å². The molecule has 1 aromatic carbocycles. The first-order valence-corrected chi connectivity index (χ1v) is 5.23. The number of carbonyl (C=O) groups is 1. The molecule has 0 saturated carbocycles. The van der Waals surface area contributed by atoms with Crippen LogP contribution < -0.4 is 10.1 Å². The second-order valence-electron chi connectivity index (χ2n) is 3.77. The van der Waals surface area contributed by atoms with E-state index in [4.69, 9.17) is 4.74 Å². The van der Waals surface area contributed by atoms with Crippen molar-refractivity contribution in [1.29, 1.82) is 0 Å². The van der Waals surface area contributed by atoms with E-state index in [-0.39, 0.29) is 11.9 Å². The van der Waals surface area contributed by atoms with Crippen LogP contribution in [0.25, 0.3) is 0 Å². The SMILES string of the molecule is CCC1Cc2c(OC)cccc2C(=O)N1. The van der Waals surface area contributed by atoms with E-state index in [0.717, 1.165) is 29.7 Å². The van der Waals surface area contributed by atoms with E-state index in [1.807, 2.05) is 18.2 Å². The molecule has 15 heavy (non-hydrogen) atoms. The number of nitrogens with one attached hydrogen (secondary N) is 1. The maximum atomic E-state index is 11.8. The maximum absolute atomic E-state index is 11.8. The third-order valence-corrected chi connectivity index (χ3v) is 2.88. The zero-order chi connectivity index (χ0) is 10.8. The Kier molecular flexibility index (Phi) is 2.62. The number of ether oxygens (including phenoxy) is 1. The van der Waals surface area contributed by atoms with Crippen molar-refractivity contribution < 1.29 is 9.53 Å². The van der Waals surface area contributed by atoms with Crippen LogP contribution in [0.4, 0.5) is 0 Å². The number of hydrogen-bond donors (Lipinski definition) is 1. The van der Waals surface area contributed by atoms with Crippen molar-refractivity contribution in [2.75, 3.05) is 7.11 Å². The Morgan fingerprint density at radius 1 is 1.53 bits per heavy atom. The van der Waals surface area contributed by atoms with Gasteiger partial charge in [-0.1, -0.05) is 13.0 Å². The molecule has 1 unspecified atom stereocenters. The van der Waals surface area contributed by atoms with Gasteiger partial charge < -0.3 is 10.1 Å². The minimum atomic E-state index is 0.0157. The van der Waals surface area contributed by atoms with Crippen LogP contribution in [0.3, 0.4) is 0 Å². The third-order valence-electron chi connectivity index (χ3n) is 2.88. The van der Waals surface area contributed by atoms with E-state index in [9.17, 15) is 4.79 Å². The van der Waals surface area contributed by atoms with Gasteiger partial charge in [0.25, 0.3) is 5.91 Å². The highest BCUT2D eigenvalue weighted by molar-refractivity contribution is 5.97. The summed E-state index contributed by atoms with van der Waals surface area (Å²) < 4.78 is 5.27. The molecule has 0 saturated heterocycles. The third kappa shape index (κ3) is 1.69. The normalized spacial score (nSPS) is 19.3. The maximum Gasteiger partial charge on any atom is 0.251 e. The fraction of sp³-hybridized carbons (Fsp3) is 0.417. The lowest BCUT2D eigenvalue weighted by Crippen LogP contribution is -2.41. The van der Waals surface area contributed by atoms with Crippen LogP contribution in [0.2, 0.25) is 0 Å². The van der Waals surface area contributed by atoms with Gasteiger partial charge in [-0.2, -0.15) is 0 Å². The van der Waals surface area contributed by atoms with Crippen LogP contribution in [0.15, 0.2) is 18.2 Å². The molecule has 0 aromatic heterocycles. The number of rotatable bonds is 2. The number of hydrogen-bond acceptors (Lipinski definition) is 2. The molecule has 1 atom stereocenters. The largest absolute Gasteiger partial charge is 0.496 e. The number of fused-ring (bicyclic) bond motifs is 1.